The second kappa shape index (κ2) is 8.99. The molecule has 1 heterocycles. The summed E-state index contributed by atoms with van der Waals surface area (Å²) in [5.74, 6) is 0.954. The third-order valence-corrected chi connectivity index (χ3v) is 10.0. The predicted molar refractivity (Wildman–Crippen MR) is 144 cm³/mol. The lowest BCUT2D eigenvalue weighted by atomic mass is 9.40. The normalized spacial score (nSPS) is 33.0. The molecule has 2 aromatic rings. The number of nitrogens with one attached hydrogen (secondary N) is 2. The quantitative estimate of drug-likeness (QED) is 0.368. The number of aromatic nitrogens is 2. The van der Waals surface area contributed by atoms with Gasteiger partial charge in [-0.15, -0.1) is 0 Å². The first-order valence-electron chi connectivity index (χ1n) is 14.4. The van der Waals surface area contributed by atoms with E-state index in [2.05, 4.69) is 24.1 Å². The highest BCUT2D eigenvalue weighted by Crippen LogP contribution is 2.70. The average Bonchev–Trinajstić information content (AvgIpc) is 3.26. The van der Waals surface area contributed by atoms with Gasteiger partial charge in [0.05, 0.1) is 5.56 Å². The zero-order valence-corrected chi connectivity index (χ0v) is 22.4. The summed E-state index contributed by atoms with van der Waals surface area (Å²) in [6, 6.07) is 6.43. The molecule has 7 rings (SSSR count). The van der Waals surface area contributed by atoms with E-state index in [1.54, 1.807) is 12.1 Å². The van der Waals surface area contributed by atoms with Crippen LogP contribution in [0.1, 0.15) is 129 Å². The molecule has 3 N–H and O–H groups in total. The van der Waals surface area contributed by atoms with Crippen molar-refractivity contribution in [3.63, 3.8) is 0 Å². The molecule has 5 saturated carbocycles. The van der Waals surface area contributed by atoms with Gasteiger partial charge in [0.25, 0.3) is 5.91 Å². The molecule has 5 aliphatic rings. The van der Waals surface area contributed by atoms with Crippen LogP contribution in [0.4, 0.5) is 5.69 Å². The van der Waals surface area contributed by atoms with Gasteiger partial charge in [0.2, 0.25) is 0 Å². The second-order valence-corrected chi connectivity index (χ2v) is 13.8. The van der Waals surface area contributed by atoms with Crippen molar-refractivity contribution in [3.05, 3.63) is 47.0 Å². The van der Waals surface area contributed by atoms with Gasteiger partial charge in [-0.25, -0.2) is 9.78 Å². The first-order chi connectivity index (χ1) is 17.6. The lowest BCUT2D eigenvalue weighted by Crippen LogP contribution is -2.55. The maximum Gasteiger partial charge on any atom is 0.335 e. The van der Waals surface area contributed by atoms with Gasteiger partial charge in [0, 0.05) is 17.3 Å². The number of benzene rings is 1. The molecule has 5 fully saturated rings. The Kier molecular flexibility index (Phi) is 6.00. The van der Waals surface area contributed by atoms with Crippen LogP contribution in [-0.2, 0) is 6.42 Å². The largest absolute Gasteiger partial charge is 0.478 e. The third kappa shape index (κ3) is 4.84. The van der Waals surface area contributed by atoms with E-state index in [1.807, 2.05) is 0 Å². The molecule has 2 atom stereocenters. The van der Waals surface area contributed by atoms with Gasteiger partial charge in [-0.3, -0.25) is 4.79 Å². The fraction of sp³-hybridized carbons (Fsp3) is 0.645. The lowest BCUT2D eigenvalue weighted by Gasteiger charge is -2.65. The Balaban J connectivity index is 1.25. The standard InChI is InChI=1S/C31H41N3O3/c1-29-14-20-15-30(2,17-29)19-31(16-20,18-29)12-11-24-25(34-26(33-24)21-7-4-3-5-8-21)27(35)32-23-10-6-9-22(13-23)28(36)37/h6,9-10,13,20-21H,3-5,7-8,11-12,14-19H2,1-2H3,(H,32,35)(H,33,34)(H,36,37). The Hall–Kier alpha value is -2.63. The smallest absolute Gasteiger partial charge is 0.335 e. The number of carbonyl (C=O) groups excluding carboxylic acids is 1. The van der Waals surface area contributed by atoms with Crippen molar-refractivity contribution in [2.45, 2.75) is 103 Å². The molecule has 1 amide bonds. The number of aromatic carboxylic acids is 1. The molecule has 0 radical (unpaired) electrons. The minimum absolute atomic E-state index is 0.159. The van der Waals surface area contributed by atoms with Gasteiger partial charge < -0.3 is 15.4 Å². The summed E-state index contributed by atoms with van der Waals surface area (Å²) in [6.45, 7) is 5.04. The van der Waals surface area contributed by atoms with Gasteiger partial charge in [-0.2, -0.15) is 0 Å². The van der Waals surface area contributed by atoms with E-state index < -0.39 is 5.97 Å². The number of hydrogen-bond acceptors (Lipinski definition) is 3. The monoisotopic (exact) mass is 503 g/mol. The number of nitrogens with zero attached hydrogens (tertiary/aromatic N) is 1. The van der Waals surface area contributed by atoms with E-state index >= 15 is 0 Å². The molecule has 0 spiro atoms. The van der Waals surface area contributed by atoms with Gasteiger partial charge in [-0.05, 0) is 105 Å². The predicted octanol–water partition coefficient (Wildman–Crippen LogP) is 7.34. The maximum absolute atomic E-state index is 13.5. The Morgan fingerprint density at radius 1 is 1.05 bits per heavy atom. The van der Waals surface area contributed by atoms with Crippen LogP contribution in [0.25, 0.3) is 0 Å². The summed E-state index contributed by atoms with van der Waals surface area (Å²) in [5, 5.41) is 12.3. The zero-order chi connectivity index (χ0) is 25.8. The number of amides is 1. The van der Waals surface area contributed by atoms with Crippen molar-refractivity contribution in [3.8, 4) is 0 Å². The Morgan fingerprint density at radius 2 is 1.78 bits per heavy atom. The van der Waals surface area contributed by atoms with Gasteiger partial charge in [0.1, 0.15) is 11.5 Å². The summed E-state index contributed by atoms with van der Waals surface area (Å²) >= 11 is 0. The van der Waals surface area contributed by atoms with Crippen LogP contribution in [0, 0.1) is 22.2 Å². The highest BCUT2D eigenvalue weighted by Gasteiger charge is 2.59. The maximum atomic E-state index is 13.5. The molecule has 1 aromatic heterocycles. The molecule has 6 nitrogen and oxygen atoms in total. The van der Waals surface area contributed by atoms with Crippen molar-refractivity contribution in [2.24, 2.45) is 22.2 Å². The summed E-state index contributed by atoms with van der Waals surface area (Å²) in [5.41, 5.74) is 3.42. The molecule has 5 aliphatic carbocycles. The molecular formula is C31H41N3O3. The highest BCUT2D eigenvalue weighted by molar-refractivity contribution is 6.04. The van der Waals surface area contributed by atoms with E-state index in [9.17, 15) is 14.7 Å². The molecule has 0 saturated heterocycles. The number of rotatable bonds is 7. The first kappa shape index (κ1) is 24.7. The topological polar surface area (TPSA) is 95.1 Å². The number of imidazole rings is 1. The summed E-state index contributed by atoms with van der Waals surface area (Å²) in [6.07, 6.45) is 16.0. The Bertz CT molecular complexity index is 1190. The second-order valence-electron chi connectivity index (χ2n) is 13.8. The molecular weight excluding hydrogens is 462 g/mol. The number of aryl methyl sites for hydroxylation is 1. The number of aromatic amines is 1. The van der Waals surface area contributed by atoms with Gasteiger partial charge in [0.15, 0.2) is 0 Å². The summed E-state index contributed by atoms with van der Waals surface area (Å²) in [4.78, 5) is 33.4. The fourth-order valence-corrected chi connectivity index (χ4v) is 9.64. The SMILES string of the molecule is CC12CC3CC(C)(C1)CC(CCc1[nH]c(C4CCCCC4)nc1C(=O)Nc1cccc(C(=O)O)c1)(C3)C2. The number of carboxylic acid groups (broad SMARTS) is 1. The molecule has 4 bridgehead atoms. The van der Waals surface area contributed by atoms with Crippen molar-refractivity contribution in [1.29, 1.82) is 0 Å². The molecule has 198 valence electrons. The third-order valence-electron chi connectivity index (χ3n) is 10.0. The van der Waals surface area contributed by atoms with E-state index in [-0.39, 0.29) is 11.5 Å². The first-order valence-corrected chi connectivity index (χ1v) is 14.4. The minimum atomic E-state index is -1.01. The molecule has 6 heteroatoms. The Morgan fingerprint density at radius 3 is 2.46 bits per heavy atom. The molecule has 1 aromatic carbocycles. The zero-order valence-electron chi connectivity index (χ0n) is 22.4. The van der Waals surface area contributed by atoms with Crippen LogP contribution < -0.4 is 5.32 Å². The number of hydrogen-bond donors (Lipinski definition) is 3. The van der Waals surface area contributed by atoms with Crippen molar-refractivity contribution in [1.82, 2.24) is 9.97 Å². The molecule has 2 unspecified atom stereocenters. The molecule has 37 heavy (non-hydrogen) atoms. The van der Waals surface area contributed by atoms with Crippen molar-refractivity contribution in [2.75, 3.05) is 5.32 Å². The Labute approximate surface area is 220 Å². The van der Waals surface area contributed by atoms with Crippen molar-refractivity contribution < 1.29 is 14.7 Å². The minimum Gasteiger partial charge on any atom is -0.478 e. The number of carbonyl (C=O) groups is 2. The molecule has 0 aliphatic heterocycles. The van der Waals surface area contributed by atoms with Crippen LogP contribution in [-0.4, -0.2) is 27.0 Å². The summed E-state index contributed by atoms with van der Waals surface area (Å²) in [7, 11) is 0. The fourth-order valence-electron chi connectivity index (χ4n) is 9.64. The van der Waals surface area contributed by atoms with Crippen LogP contribution in [0.5, 0.6) is 0 Å². The summed E-state index contributed by atoms with van der Waals surface area (Å²) < 4.78 is 0. The van der Waals surface area contributed by atoms with Crippen LogP contribution in [0.2, 0.25) is 0 Å². The average molecular weight is 504 g/mol. The van der Waals surface area contributed by atoms with E-state index in [4.69, 9.17) is 4.98 Å². The number of H-pyrrole nitrogens is 1. The van der Waals surface area contributed by atoms with Crippen LogP contribution in [0.15, 0.2) is 24.3 Å². The highest BCUT2D eigenvalue weighted by atomic mass is 16.4. The van der Waals surface area contributed by atoms with E-state index in [0.717, 1.165) is 43.1 Å². The van der Waals surface area contributed by atoms with Gasteiger partial charge >= 0.3 is 5.97 Å². The van der Waals surface area contributed by atoms with Crippen LogP contribution in [0.3, 0.4) is 0 Å². The van der Waals surface area contributed by atoms with Gasteiger partial charge in [-0.1, -0.05) is 39.2 Å². The van der Waals surface area contributed by atoms with Crippen LogP contribution >= 0.6 is 0 Å². The van der Waals surface area contributed by atoms with E-state index in [0.29, 0.717) is 33.5 Å². The van der Waals surface area contributed by atoms with E-state index in [1.165, 1.54) is 69.9 Å². The lowest BCUT2D eigenvalue weighted by molar-refractivity contribution is -0.147. The number of carboxylic acids is 1. The number of anilines is 1. The van der Waals surface area contributed by atoms with Crippen molar-refractivity contribution >= 4 is 17.6 Å².